The number of carbonyl (C=O) groups excluding carboxylic acids is 1. The fraction of sp³-hybridized carbons (Fsp3) is 0.333. The molecule has 4 rings (SSSR count). The number of nitrogens with one attached hydrogen (secondary N) is 1. The Hall–Kier alpha value is -3.40. The number of piperidine rings is 1. The molecule has 0 bridgehead atoms. The smallest absolute Gasteiger partial charge is 0.269 e. The summed E-state index contributed by atoms with van der Waals surface area (Å²) < 4.78 is 0. The minimum atomic E-state index is -0.534. The zero-order valence-corrected chi connectivity index (χ0v) is 16.0. The van der Waals surface area contributed by atoms with Crippen LogP contribution in [0.15, 0.2) is 24.4 Å². The Kier molecular flexibility index (Phi) is 4.47. The molecule has 1 saturated heterocycles. The first kappa shape index (κ1) is 18.0. The van der Waals surface area contributed by atoms with Gasteiger partial charge in [0.05, 0.1) is 16.8 Å². The zero-order chi connectivity index (χ0) is 19.8. The number of primary amides is 1. The van der Waals surface area contributed by atoms with E-state index in [0.717, 1.165) is 59.3 Å². The fourth-order valence-electron chi connectivity index (χ4n) is 4.18. The Bertz CT molecular complexity index is 1110. The topological polar surface area (TPSA) is 112 Å². The molecule has 1 amide bonds. The molecule has 7 nitrogen and oxygen atoms in total. The van der Waals surface area contributed by atoms with Crippen molar-refractivity contribution in [1.82, 2.24) is 15.2 Å². The molecule has 1 aliphatic heterocycles. The number of H-pyrrole nitrogens is 1. The number of carbonyl (C=O) groups is 1. The summed E-state index contributed by atoms with van der Waals surface area (Å²) in [7, 11) is 0. The molecule has 1 fully saturated rings. The van der Waals surface area contributed by atoms with Crippen molar-refractivity contribution in [2.45, 2.75) is 32.6 Å². The predicted octanol–water partition coefficient (Wildman–Crippen LogP) is 2.93. The van der Waals surface area contributed by atoms with Gasteiger partial charge >= 0.3 is 0 Å². The van der Waals surface area contributed by atoms with Crippen LogP contribution in [-0.2, 0) is 0 Å². The van der Waals surface area contributed by atoms with Gasteiger partial charge in [-0.2, -0.15) is 10.4 Å². The van der Waals surface area contributed by atoms with Crippen LogP contribution in [0.3, 0.4) is 0 Å². The molecule has 0 saturated carbocycles. The van der Waals surface area contributed by atoms with E-state index in [-0.39, 0.29) is 11.6 Å². The molecule has 142 valence electrons. The number of nitriles is 1. The zero-order valence-electron chi connectivity index (χ0n) is 16.0. The molecule has 2 aromatic heterocycles. The number of aryl methyl sites for hydroxylation is 2. The van der Waals surface area contributed by atoms with E-state index in [0.29, 0.717) is 5.56 Å². The maximum Gasteiger partial charge on any atom is 0.269 e. The first-order chi connectivity index (χ1) is 13.5. The van der Waals surface area contributed by atoms with E-state index in [4.69, 9.17) is 5.73 Å². The number of nitrogens with two attached hydrogens (primary N) is 1. The molecule has 0 spiro atoms. The summed E-state index contributed by atoms with van der Waals surface area (Å²) in [5.41, 5.74) is 11.2. The van der Waals surface area contributed by atoms with E-state index in [1.807, 2.05) is 6.92 Å². The number of benzene rings is 1. The van der Waals surface area contributed by atoms with Crippen LogP contribution in [0.1, 0.15) is 51.6 Å². The van der Waals surface area contributed by atoms with Gasteiger partial charge < -0.3 is 10.6 Å². The number of anilines is 1. The van der Waals surface area contributed by atoms with Crippen LogP contribution in [0.4, 0.5) is 5.69 Å². The van der Waals surface area contributed by atoms with Crippen molar-refractivity contribution in [2.75, 3.05) is 18.0 Å². The van der Waals surface area contributed by atoms with E-state index in [9.17, 15) is 10.1 Å². The molecule has 1 aliphatic rings. The molecule has 1 atom stereocenters. The summed E-state index contributed by atoms with van der Waals surface area (Å²) in [6.07, 6.45) is 3.64. The first-order valence-corrected chi connectivity index (χ1v) is 9.38. The number of hydrogen-bond donors (Lipinski definition) is 2. The summed E-state index contributed by atoms with van der Waals surface area (Å²) in [5.74, 6) is -0.344. The van der Waals surface area contributed by atoms with E-state index in [1.54, 1.807) is 12.3 Å². The third-order valence-corrected chi connectivity index (χ3v) is 5.43. The number of amides is 1. The Balaban J connectivity index is 1.76. The maximum absolute atomic E-state index is 11.4. The number of aromatic nitrogens is 3. The molecule has 0 aliphatic carbocycles. The number of fused-ring (bicyclic) bond motifs is 1. The standard InChI is InChI=1S/C21H22N6O/c1-12-6-13(2)19-16(7-12)20(15(9-22)10-24-19)27-5-3-4-14(11-27)17-8-18(21(23)28)26-25-17/h6-8,10,14H,3-5,11H2,1-2H3,(H2,23,28)(H,25,26). The second-order valence-electron chi connectivity index (χ2n) is 7.47. The van der Waals surface area contributed by atoms with Crippen molar-refractivity contribution in [3.8, 4) is 6.07 Å². The van der Waals surface area contributed by atoms with Crippen LogP contribution in [0.25, 0.3) is 10.9 Å². The Labute approximate surface area is 163 Å². The van der Waals surface area contributed by atoms with Gasteiger partial charge in [0.25, 0.3) is 5.91 Å². The highest BCUT2D eigenvalue weighted by Gasteiger charge is 2.27. The van der Waals surface area contributed by atoms with Crippen molar-refractivity contribution in [3.63, 3.8) is 0 Å². The highest BCUT2D eigenvalue weighted by Crippen LogP contribution is 2.36. The van der Waals surface area contributed by atoms with Gasteiger partial charge in [-0.1, -0.05) is 11.6 Å². The van der Waals surface area contributed by atoms with Crippen molar-refractivity contribution in [2.24, 2.45) is 5.73 Å². The van der Waals surface area contributed by atoms with Crippen LogP contribution in [0.5, 0.6) is 0 Å². The fourth-order valence-corrected chi connectivity index (χ4v) is 4.18. The van der Waals surface area contributed by atoms with E-state index >= 15 is 0 Å². The summed E-state index contributed by atoms with van der Waals surface area (Å²) in [5, 5.41) is 17.7. The average molecular weight is 374 g/mol. The van der Waals surface area contributed by atoms with Gasteiger partial charge in [-0.3, -0.25) is 14.9 Å². The van der Waals surface area contributed by atoms with Crippen LogP contribution >= 0.6 is 0 Å². The van der Waals surface area contributed by atoms with E-state index < -0.39 is 5.91 Å². The Morgan fingerprint density at radius 1 is 1.36 bits per heavy atom. The highest BCUT2D eigenvalue weighted by atomic mass is 16.1. The van der Waals surface area contributed by atoms with E-state index in [1.165, 1.54) is 0 Å². The lowest BCUT2D eigenvalue weighted by Crippen LogP contribution is -2.35. The van der Waals surface area contributed by atoms with Crippen LogP contribution < -0.4 is 10.6 Å². The van der Waals surface area contributed by atoms with E-state index in [2.05, 4.69) is 45.2 Å². The second-order valence-corrected chi connectivity index (χ2v) is 7.47. The third kappa shape index (κ3) is 3.07. The molecule has 3 heterocycles. The van der Waals surface area contributed by atoms with Gasteiger partial charge in [-0.15, -0.1) is 0 Å². The predicted molar refractivity (Wildman–Crippen MR) is 107 cm³/mol. The molecule has 28 heavy (non-hydrogen) atoms. The van der Waals surface area contributed by atoms with Gasteiger partial charge in [0.2, 0.25) is 0 Å². The Morgan fingerprint density at radius 3 is 2.89 bits per heavy atom. The van der Waals surface area contributed by atoms with Gasteiger partial charge in [0, 0.05) is 36.3 Å². The summed E-state index contributed by atoms with van der Waals surface area (Å²) in [6, 6.07) is 8.27. The first-order valence-electron chi connectivity index (χ1n) is 9.38. The van der Waals surface area contributed by atoms with Crippen LogP contribution in [0.2, 0.25) is 0 Å². The van der Waals surface area contributed by atoms with Crippen molar-refractivity contribution < 1.29 is 4.79 Å². The minimum absolute atomic E-state index is 0.190. The third-order valence-electron chi connectivity index (χ3n) is 5.43. The monoisotopic (exact) mass is 374 g/mol. The molecule has 1 unspecified atom stereocenters. The van der Waals surface area contributed by atoms with Gasteiger partial charge in [-0.05, 0) is 44.4 Å². The average Bonchev–Trinajstić information content (AvgIpc) is 3.17. The number of rotatable bonds is 3. The molecular weight excluding hydrogens is 352 g/mol. The summed E-state index contributed by atoms with van der Waals surface area (Å²) in [6.45, 7) is 5.71. The largest absolute Gasteiger partial charge is 0.369 e. The SMILES string of the molecule is Cc1cc(C)c2ncc(C#N)c(N3CCCC(c4cc(C(N)=O)n[nH]4)C3)c2c1. The molecule has 3 N–H and O–H groups in total. The van der Waals surface area contributed by atoms with Crippen LogP contribution in [-0.4, -0.2) is 34.2 Å². The lowest BCUT2D eigenvalue weighted by atomic mass is 9.93. The lowest BCUT2D eigenvalue weighted by Gasteiger charge is -2.35. The lowest BCUT2D eigenvalue weighted by molar-refractivity contribution is 0.0995. The number of aromatic amines is 1. The highest BCUT2D eigenvalue weighted by molar-refractivity contribution is 5.96. The second kappa shape index (κ2) is 6.97. The van der Waals surface area contributed by atoms with Gasteiger partial charge in [0.1, 0.15) is 11.8 Å². The van der Waals surface area contributed by atoms with Gasteiger partial charge in [-0.25, -0.2) is 0 Å². The van der Waals surface area contributed by atoms with Crippen LogP contribution in [0, 0.1) is 25.2 Å². The quantitative estimate of drug-likeness (QED) is 0.732. The molecule has 3 aromatic rings. The number of nitrogens with zero attached hydrogens (tertiary/aromatic N) is 4. The molecular formula is C21H22N6O. The van der Waals surface area contributed by atoms with Crippen molar-refractivity contribution in [3.05, 3.63) is 52.5 Å². The normalized spacial score (nSPS) is 16.9. The minimum Gasteiger partial charge on any atom is -0.369 e. The van der Waals surface area contributed by atoms with Crippen molar-refractivity contribution >= 4 is 22.5 Å². The summed E-state index contributed by atoms with van der Waals surface area (Å²) >= 11 is 0. The molecule has 1 aromatic carbocycles. The molecule has 0 radical (unpaired) electrons. The molecule has 7 heteroatoms. The number of hydrogen-bond acceptors (Lipinski definition) is 5. The summed E-state index contributed by atoms with van der Waals surface area (Å²) in [4.78, 5) is 18.2. The Morgan fingerprint density at radius 2 is 2.18 bits per heavy atom. The van der Waals surface area contributed by atoms with Gasteiger partial charge in [0.15, 0.2) is 0 Å². The number of pyridine rings is 1. The van der Waals surface area contributed by atoms with Crippen molar-refractivity contribution in [1.29, 1.82) is 5.26 Å². The maximum atomic E-state index is 11.4.